The van der Waals surface area contributed by atoms with Crippen LogP contribution in [0.3, 0.4) is 0 Å². The van der Waals surface area contributed by atoms with Crippen LogP contribution in [-0.2, 0) is 15.3 Å². The number of phenols is 1. The molecule has 0 atom stereocenters. The first-order chi connectivity index (χ1) is 10.7. The van der Waals surface area contributed by atoms with E-state index in [1.165, 1.54) is 34.9 Å². The maximum absolute atomic E-state index is 12.4. The summed E-state index contributed by atoms with van der Waals surface area (Å²) in [4.78, 5) is -0.202. The van der Waals surface area contributed by atoms with Gasteiger partial charge in [0.2, 0.25) is 9.84 Å². The number of nitriles is 1. The van der Waals surface area contributed by atoms with E-state index in [9.17, 15) is 18.8 Å². The number of hydrogen-bond donors (Lipinski definition) is 1. The summed E-state index contributed by atoms with van der Waals surface area (Å²) in [6.45, 7) is 5.84. The van der Waals surface area contributed by atoms with E-state index in [2.05, 4.69) is 0 Å². The molecule has 120 valence electrons. The molecule has 0 aliphatic carbocycles. The number of thiophene rings is 1. The predicted molar refractivity (Wildman–Crippen MR) is 91.9 cm³/mol. The van der Waals surface area contributed by atoms with Crippen LogP contribution in [0.25, 0.3) is 6.08 Å². The van der Waals surface area contributed by atoms with Gasteiger partial charge in [-0.2, -0.15) is 16.6 Å². The van der Waals surface area contributed by atoms with Crippen molar-refractivity contribution < 1.29 is 13.5 Å². The van der Waals surface area contributed by atoms with E-state index >= 15 is 0 Å². The van der Waals surface area contributed by atoms with Gasteiger partial charge in [0, 0.05) is 5.38 Å². The molecular weight excluding hydrogens is 330 g/mol. The zero-order valence-corrected chi connectivity index (χ0v) is 14.7. The van der Waals surface area contributed by atoms with Crippen molar-refractivity contribution in [1.29, 1.82) is 5.26 Å². The van der Waals surface area contributed by atoms with Gasteiger partial charge in [0.05, 0.1) is 4.90 Å². The van der Waals surface area contributed by atoms with Gasteiger partial charge in [0.1, 0.15) is 16.7 Å². The Bertz CT molecular complexity index is 881. The predicted octanol–water partition coefficient (Wildman–Crippen LogP) is 4.09. The number of hydrogen-bond acceptors (Lipinski definition) is 5. The molecule has 4 nitrogen and oxygen atoms in total. The van der Waals surface area contributed by atoms with Gasteiger partial charge >= 0.3 is 0 Å². The van der Waals surface area contributed by atoms with Crippen LogP contribution in [0.5, 0.6) is 5.75 Å². The first-order valence-corrected chi connectivity index (χ1v) is 9.31. The summed E-state index contributed by atoms with van der Waals surface area (Å²) >= 11 is 1.26. The lowest BCUT2D eigenvalue weighted by atomic mass is 9.85. The highest BCUT2D eigenvalue weighted by molar-refractivity contribution is 7.95. The highest BCUT2D eigenvalue weighted by Crippen LogP contribution is 2.32. The largest absolute Gasteiger partial charge is 0.508 e. The van der Waals surface area contributed by atoms with Crippen molar-refractivity contribution in [3.63, 3.8) is 0 Å². The van der Waals surface area contributed by atoms with Crippen molar-refractivity contribution in [2.24, 2.45) is 0 Å². The lowest BCUT2D eigenvalue weighted by Gasteiger charge is -2.20. The van der Waals surface area contributed by atoms with E-state index < -0.39 is 9.84 Å². The molecule has 2 rings (SSSR count). The number of benzene rings is 1. The first-order valence-electron chi connectivity index (χ1n) is 6.89. The fourth-order valence-corrected chi connectivity index (χ4v) is 4.29. The minimum absolute atomic E-state index is 0.116. The van der Waals surface area contributed by atoms with Crippen molar-refractivity contribution in [1.82, 2.24) is 0 Å². The van der Waals surface area contributed by atoms with Crippen molar-refractivity contribution in [3.8, 4) is 11.8 Å². The van der Waals surface area contributed by atoms with Crippen LogP contribution in [0.1, 0.15) is 31.9 Å². The van der Waals surface area contributed by atoms with Crippen LogP contribution in [-0.4, -0.2) is 13.5 Å². The number of phenolic OH excluding ortho intramolecular Hbond substituents is 1. The van der Waals surface area contributed by atoms with Crippen molar-refractivity contribution in [2.45, 2.75) is 31.1 Å². The Morgan fingerprint density at radius 1 is 1.30 bits per heavy atom. The van der Waals surface area contributed by atoms with Gasteiger partial charge in [0.15, 0.2) is 0 Å². The molecule has 0 spiro atoms. The number of allylic oxidation sites excluding steroid dienone is 1. The third-order valence-corrected chi connectivity index (χ3v) is 5.83. The number of sulfone groups is 1. The van der Waals surface area contributed by atoms with Crippen molar-refractivity contribution >= 4 is 27.3 Å². The van der Waals surface area contributed by atoms with Gasteiger partial charge in [-0.15, -0.1) is 0 Å². The van der Waals surface area contributed by atoms with E-state index in [0.717, 1.165) is 0 Å². The first kappa shape index (κ1) is 17.3. The molecule has 0 saturated carbocycles. The molecule has 0 saturated heterocycles. The highest BCUT2D eigenvalue weighted by atomic mass is 32.2. The average molecular weight is 347 g/mol. The summed E-state index contributed by atoms with van der Waals surface area (Å²) < 4.78 is 24.9. The summed E-state index contributed by atoms with van der Waals surface area (Å²) in [5.74, 6) is 0.147. The lowest BCUT2D eigenvalue weighted by molar-refractivity contribution is 0.446. The Balaban J connectivity index is 2.55. The monoisotopic (exact) mass is 347 g/mol. The van der Waals surface area contributed by atoms with Crippen LogP contribution in [0.4, 0.5) is 0 Å². The fraction of sp³-hybridized carbons (Fsp3) is 0.235. The normalized spacial score (nSPS) is 12.9. The molecule has 1 N–H and O–H groups in total. The Morgan fingerprint density at radius 3 is 2.52 bits per heavy atom. The summed E-state index contributed by atoms with van der Waals surface area (Å²) in [7, 11) is -3.82. The van der Waals surface area contributed by atoms with Crippen LogP contribution < -0.4 is 0 Å². The molecule has 0 aliphatic heterocycles. The van der Waals surface area contributed by atoms with Gasteiger partial charge in [-0.05, 0) is 46.2 Å². The molecule has 0 bridgehead atoms. The third kappa shape index (κ3) is 3.63. The van der Waals surface area contributed by atoms with E-state index in [1.807, 2.05) is 20.8 Å². The zero-order valence-electron chi connectivity index (χ0n) is 13.1. The van der Waals surface area contributed by atoms with Gasteiger partial charge < -0.3 is 5.11 Å². The Hall–Kier alpha value is -2.10. The van der Waals surface area contributed by atoms with Gasteiger partial charge in [-0.1, -0.05) is 26.8 Å². The third-order valence-electron chi connectivity index (χ3n) is 3.33. The highest BCUT2D eigenvalue weighted by Gasteiger charge is 2.22. The molecule has 0 radical (unpaired) electrons. The SMILES string of the molecule is CC(C)(C)c1cc(C=C(C#N)S(=O)(=O)c2ccsc2)ccc1O. The fourth-order valence-electron chi connectivity index (χ4n) is 2.10. The summed E-state index contributed by atoms with van der Waals surface area (Å²) in [6, 6.07) is 8.05. The van der Waals surface area contributed by atoms with E-state index in [4.69, 9.17) is 0 Å². The summed E-state index contributed by atoms with van der Waals surface area (Å²) in [6.07, 6.45) is 1.34. The van der Waals surface area contributed by atoms with Gasteiger partial charge in [-0.3, -0.25) is 0 Å². The molecule has 1 aromatic carbocycles. The number of aromatic hydroxyl groups is 1. The van der Waals surface area contributed by atoms with Crippen LogP contribution in [0.2, 0.25) is 0 Å². The molecule has 0 aliphatic rings. The second kappa shape index (κ2) is 6.19. The molecule has 0 unspecified atom stereocenters. The quantitative estimate of drug-likeness (QED) is 0.848. The van der Waals surface area contributed by atoms with Crippen LogP contribution in [0.15, 0.2) is 44.8 Å². The van der Waals surface area contributed by atoms with E-state index in [0.29, 0.717) is 11.1 Å². The van der Waals surface area contributed by atoms with E-state index in [-0.39, 0.29) is 21.0 Å². The summed E-state index contributed by atoms with van der Waals surface area (Å²) in [5, 5.41) is 22.4. The molecular formula is C17H17NO3S2. The minimum atomic E-state index is -3.82. The Kier molecular flexibility index (Phi) is 4.64. The van der Waals surface area contributed by atoms with Crippen molar-refractivity contribution in [2.75, 3.05) is 0 Å². The smallest absolute Gasteiger partial charge is 0.217 e. The maximum atomic E-state index is 12.4. The maximum Gasteiger partial charge on any atom is 0.217 e. The molecule has 1 heterocycles. The van der Waals surface area contributed by atoms with Gasteiger partial charge in [-0.25, -0.2) is 8.42 Å². The molecule has 1 aromatic heterocycles. The number of nitrogens with zero attached hydrogens (tertiary/aromatic N) is 1. The molecule has 23 heavy (non-hydrogen) atoms. The topological polar surface area (TPSA) is 78.2 Å². The minimum Gasteiger partial charge on any atom is -0.508 e. The zero-order chi connectivity index (χ0) is 17.3. The Morgan fingerprint density at radius 2 is 2.00 bits per heavy atom. The molecule has 2 aromatic rings. The second-order valence-corrected chi connectivity index (χ2v) is 8.81. The molecule has 0 fully saturated rings. The van der Waals surface area contributed by atoms with Crippen LogP contribution >= 0.6 is 11.3 Å². The number of rotatable bonds is 3. The van der Waals surface area contributed by atoms with Crippen molar-refractivity contribution in [3.05, 3.63) is 51.1 Å². The summed E-state index contributed by atoms with van der Waals surface area (Å²) in [5.41, 5.74) is 0.951. The average Bonchev–Trinajstić information content (AvgIpc) is 2.99. The standard InChI is InChI=1S/C17H17NO3S2/c1-17(2,3)15-9-12(4-5-16(15)19)8-14(10-18)23(20,21)13-6-7-22-11-13/h4-9,11,19H,1-3H3. The van der Waals surface area contributed by atoms with Crippen LogP contribution in [0, 0.1) is 11.3 Å². The lowest BCUT2D eigenvalue weighted by Crippen LogP contribution is -2.11. The van der Waals surface area contributed by atoms with E-state index in [1.54, 1.807) is 23.6 Å². The molecule has 6 heteroatoms. The second-order valence-electron chi connectivity index (χ2n) is 6.11. The van der Waals surface area contributed by atoms with Gasteiger partial charge in [0.25, 0.3) is 0 Å². The molecule has 0 amide bonds. The Labute approximate surface area is 140 Å².